The van der Waals surface area contributed by atoms with Gasteiger partial charge in [0.2, 0.25) is 0 Å². The van der Waals surface area contributed by atoms with E-state index >= 15 is 0 Å². The molecule has 0 unspecified atom stereocenters. The minimum Gasteiger partial charge on any atom is -0.508 e. The average Bonchev–Trinajstić information content (AvgIpc) is 2.91. The third-order valence-electron chi connectivity index (χ3n) is 3.25. The fourth-order valence-corrected chi connectivity index (χ4v) is 3.41. The van der Waals surface area contributed by atoms with Gasteiger partial charge in [0.25, 0.3) is 0 Å². The van der Waals surface area contributed by atoms with Gasteiger partial charge in [-0.05, 0) is 29.2 Å². The Balaban J connectivity index is -0.000000159. The molecule has 2 rings (SSSR count). The fourth-order valence-electron chi connectivity index (χ4n) is 1.93. The number of rotatable bonds is 1. The molecule has 0 bridgehead atoms. The first-order chi connectivity index (χ1) is 10.9. The molecule has 27 heavy (non-hydrogen) atoms. The van der Waals surface area contributed by atoms with E-state index in [1.165, 1.54) is 11.3 Å². The summed E-state index contributed by atoms with van der Waals surface area (Å²) in [4.78, 5) is 0. The Morgan fingerprint density at radius 1 is 1.07 bits per heavy atom. The first-order valence-electron chi connectivity index (χ1n) is 8.28. The molecule has 7 heteroatoms. The van der Waals surface area contributed by atoms with E-state index < -0.39 is 8.07 Å². The van der Waals surface area contributed by atoms with Crippen molar-refractivity contribution in [1.82, 2.24) is 0 Å². The Kier molecular flexibility index (Phi) is 21.2. The van der Waals surface area contributed by atoms with Gasteiger partial charge in [0.05, 0.1) is 0 Å². The number of hydrogen-bond acceptors (Lipinski definition) is 1. The van der Waals surface area contributed by atoms with E-state index in [4.69, 9.17) is 11.6 Å². The molecule has 1 aromatic carbocycles. The molecular formula is C20H34Cl3OSi2Ti-. The Hall–Kier alpha value is 0.518. The van der Waals surface area contributed by atoms with Crippen LogP contribution < -0.4 is 0 Å². The standard InChI is InChI=1S/C10H13ClO.C8H13Si.C2H6Si.2ClH.Ti/c1-10(2,3)7-4-8(11)6-9(12)5-7;1-9(2,3)8-6-4-5-7-8;1-3-2;;;/h4-6,12H,1-3H3;4,6H,5H2,1-3H3;1-2H3;2*1H;/q;-1;;;;. The fraction of sp³-hybridized carbons (Fsp3) is 0.500. The van der Waals surface area contributed by atoms with Crippen LogP contribution in [-0.4, -0.2) is 22.7 Å². The van der Waals surface area contributed by atoms with Crippen molar-refractivity contribution in [2.75, 3.05) is 0 Å². The maximum atomic E-state index is 9.27. The number of phenols is 1. The molecule has 1 aliphatic rings. The number of aromatic hydroxyl groups is 1. The Bertz CT molecular complexity index is 557. The minimum absolute atomic E-state index is 0. The largest absolute Gasteiger partial charge is 0.508 e. The minimum atomic E-state index is -1.01. The van der Waals surface area contributed by atoms with E-state index in [1.807, 2.05) is 6.07 Å². The summed E-state index contributed by atoms with van der Waals surface area (Å²) in [6.45, 7) is 17.6. The molecule has 0 aliphatic heterocycles. The van der Waals surface area contributed by atoms with Crippen LogP contribution in [0.1, 0.15) is 32.8 Å². The van der Waals surface area contributed by atoms with Crippen molar-refractivity contribution in [1.29, 1.82) is 0 Å². The van der Waals surface area contributed by atoms with E-state index in [0.29, 0.717) is 5.02 Å². The summed E-state index contributed by atoms with van der Waals surface area (Å²) in [5, 5.41) is 11.3. The van der Waals surface area contributed by atoms with Crippen LogP contribution in [-0.2, 0) is 27.1 Å². The van der Waals surface area contributed by atoms with Crippen molar-refractivity contribution in [2.45, 2.75) is 65.3 Å². The van der Waals surface area contributed by atoms with Crippen LogP contribution in [0.15, 0.2) is 35.5 Å². The zero-order valence-electron chi connectivity index (χ0n) is 17.7. The van der Waals surface area contributed by atoms with Gasteiger partial charge in [-0.2, -0.15) is 6.08 Å². The first-order valence-corrected chi connectivity index (χ1v) is 14.2. The maximum absolute atomic E-state index is 9.27. The quantitative estimate of drug-likeness (QED) is 0.312. The Morgan fingerprint density at radius 2 is 1.56 bits per heavy atom. The number of phenolic OH excluding ortho intramolecular Hbond substituents is 1. The molecule has 0 saturated heterocycles. The summed E-state index contributed by atoms with van der Waals surface area (Å²) in [5.74, 6) is 0.229. The van der Waals surface area contributed by atoms with Gasteiger partial charge in [0, 0.05) is 44.3 Å². The van der Waals surface area contributed by atoms with Gasteiger partial charge in [-0.15, -0.1) is 31.2 Å². The summed E-state index contributed by atoms with van der Waals surface area (Å²) >= 11 is 5.80. The van der Waals surface area contributed by atoms with Gasteiger partial charge in [-0.3, -0.25) is 6.08 Å². The van der Waals surface area contributed by atoms with Crippen LogP contribution in [0.4, 0.5) is 0 Å². The second-order valence-electron chi connectivity index (χ2n) is 7.90. The molecule has 0 saturated carbocycles. The monoisotopic (exact) mass is 499 g/mol. The van der Waals surface area contributed by atoms with Gasteiger partial charge in [0.15, 0.2) is 0 Å². The predicted molar refractivity (Wildman–Crippen MR) is 128 cm³/mol. The third kappa shape index (κ3) is 16.0. The maximum Gasteiger partial charge on any atom is 0.117 e. The molecule has 0 spiro atoms. The van der Waals surface area contributed by atoms with Gasteiger partial charge < -0.3 is 5.11 Å². The molecule has 154 valence electrons. The van der Waals surface area contributed by atoms with Gasteiger partial charge in [-0.25, -0.2) is 11.3 Å². The van der Waals surface area contributed by atoms with Crippen LogP contribution in [0.25, 0.3) is 0 Å². The van der Waals surface area contributed by atoms with E-state index in [9.17, 15) is 5.11 Å². The second kappa shape index (κ2) is 16.3. The van der Waals surface area contributed by atoms with Gasteiger partial charge >= 0.3 is 0 Å². The third-order valence-corrected chi connectivity index (χ3v) is 5.43. The normalized spacial score (nSPS) is 12.0. The summed E-state index contributed by atoms with van der Waals surface area (Å²) in [6.07, 6.45) is 8.82. The smallest absolute Gasteiger partial charge is 0.117 e. The molecule has 1 N–H and O–H groups in total. The predicted octanol–water partition coefficient (Wildman–Crippen LogP) is 7.52. The second-order valence-corrected chi connectivity index (χ2v) is 14.4. The molecule has 1 aromatic rings. The van der Waals surface area contributed by atoms with Crippen LogP contribution in [0.2, 0.25) is 37.8 Å². The Morgan fingerprint density at radius 3 is 1.81 bits per heavy atom. The van der Waals surface area contributed by atoms with Crippen molar-refractivity contribution in [3.05, 3.63) is 52.2 Å². The zero-order valence-corrected chi connectivity index (χ0v) is 23.7. The molecule has 0 amide bonds. The topological polar surface area (TPSA) is 20.2 Å². The Labute approximate surface area is 203 Å². The van der Waals surface area contributed by atoms with E-state index in [1.54, 1.807) is 6.07 Å². The molecule has 1 nitrogen and oxygen atoms in total. The molecule has 0 atom stereocenters. The molecule has 1 aliphatic carbocycles. The summed E-state index contributed by atoms with van der Waals surface area (Å²) in [6, 6.07) is 5.16. The van der Waals surface area contributed by atoms with E-state index in [-0.39, 0.29) is 57.7 Å². The van der Waals surface area contributed by atoms with Crippen LogP contribution in [0.5, 0.6) is 5.75 Å². The van der Waals surface area contributed by atoms with Gasteiger partial charge in [0.1, 0.15) is 5.75 Å². The summed E-state index contributed by atoms with van der Waals surface area (Å²) in [7, 11) is 0.0779. The van der Waals surface area contributed by atoms with Crippen LogP contribution >= 0.6 is 36.4 Å². The van der Waals surface area contributed by atoms with Crippen molar-refractivity contribution in [3.8, 4) is 5.75 Å². The first kappa shape index (κ1) is 35.0. The van der Waals surface area contributed by atoms with Crippen molar-refractivity contribution in [3.63, 3.8) is 0 Å². The number of hydrogen-bond donors (Lipinski definition) is 1. The van der Waals surface area contributed by atoms with Crippen molar-refractivity contribution in [2.24, 2.45) is 0 Å². The molecule has 2 radical (unpaired) electrons. The molecule has 0 aromatic heterocycles. The van der Waals surface area contributed by atoms with Crippen molar-refractivity contribution >= 4 is 54.0 Å². The van der Waals surface area contributed by atoms with E-state index in [0.717, 1.165) is 21.5 Å². The zero-order chi connectivity index (χ0) is 19.0. The number of benzene rings is 1. The molecular weight excluding hydrogens is 467 g/mol. The average molecular weight is 501 g/mol. The molecule has 0 heterocycles. The van der Waals surface area contributed by atoms with Gasteiger partial charge in [-0.1, -0.05) is 65.1 Å². The number of allylic oxidation sites excluding steroid dienone is 4. The van der Waals surface area contributed by atoms with E-state index in [2.05, 4.69) is 71.7 Å². The SMILES string of the molecule is CC(C)(C)c1cc(O)cc(Cl)c1.C[Si](C)(C)C1=[C-]CC=C1.C[Si]C.Cl.Cl.[Ti]. The number of halogens is 3. The van der Waals surface area contributed by atoms with Crippen LogP contribution in [0, 0.1) is 6.08 Å². The summed E-state index contributed by atoms with van der Waals surface area (Å²) < 4.78 is 0. The van der Waals surface area contributed by atoms with Crippen LogP contribution in [0.3, 0.4) is 0 Å². The molecule has 0 fully saturated rings. The van der Waals surface area contributed by atoms with Crippen molar-refractivity contribution < 1.29 is 26.8 Å². The summed E-state index contributed by atoms with van der Waals surface area (Å²) in [5.41, 5.74) is 1.08.